The molecule has 1 atom stereocenters. The summed E-state index contributed by atoms with van der Waals surface area (Å²) in [6.45, 7) is 3.61. The van der Waals surface area contributed by atoms with E-state index in [2.05, 4.69) is 59.7 Å². The van der Waals surface area contributed by atoms with Gasteiger partial charge in [0.2, 0.25) is 5.95 Å². The van der Waals surface area contributed by atoms with Crippen LogP contribution < -0.4 is 21.5 Å². The molecule has 3 aromatic heterocycles. The Morgan fingerprint density at radius 2 is 1.85 bits per heavy atom. The number of fused-ring (bicyclic) bond motifs is 1. The number of pyridine rings is 1. The van der Waals surface area contributed by atoms with Gasteiger partial charge in [-0.2, -0.15) is 18.2 Å². The molecule has 13 heteroatoms. The molecule has 1 aromatic carbocycles. The second-order valence-corrected chi connectivity index (χ2v) is 11.9. The molecule has 1 unspecified atom stereocenters. The van der Waals surface area contributed by atoms with Crippen molar-refractivity contribution in [2.24, 2.45) is 5.92 Å². The van der Waals surface area contributed by atoms with Gasteiger partial charge in [-0.25, -0.2) is 15.0 Å². The summed E-state index contributed by atoms with van der Waals surface area (Å²) in [6, 6.07) is 9.79. The molecule has 46 heavy (non-hydrogen) atoms. The van der Waals surface area contributed by atoms with Crippen molar-refractivity contribution in [3.8, 4) is 11.8 Å². The zero-order valence-electron chi connectivity index (χ0n) is 25.6. The fraction of sp³-hybridized carbons (Fsp3) is 0.424. The lowest BCUT2D eigenvalue weighted by molar-refractivity contribution is -0.128. The summed E-state index contributed by atoms with van der Waals surface area (Å²) in [5, 5.41) is 10.7. The average Bonchev–Trinajstić information content (AvgIpc) is 3.04. The molecule has 0 aliphatic carbocycles. The predicted octanol–water partition coefficient (Wildman–Crippen LogP) is 4.34. The van der Waals surface area contributed by atoms with Crippen LogP contribution in [0.25, 0.3) is 11.0 Å². The quantitative estimate of drug-likeness (QED) is 0.257. The van der Waals surface area contributed by atoms with Gasteiger partial charge in [0.15, 0.2) is 0 Å². The van der Waals surface area contributed by atoms with Gasteiger partial charge in [-0.3, -0.25) is 9.36 Å². The van der Waals surface area contributed by atoms with Crippen LogP contribution in [0.4, 0.5) is 30.5 Å². The number of halogens is 3. The number of anilines is 3. The van der Waals surface area contributed by atoms with Gasteiger partial charge in [-0.15, -0.1) is 0 Å². The van der Waals surface area contributed by atoms with Crippen molar-refractivity contribution in [1.29, 1.82) is 0 Å². The summed E-state index contributed by atoms with van der Waals surface area (Å²) in [4.78, 5) is 33.1. The highest BCUT2D eigenvalue weighted by Crippen LogP contribution is 2.24. The summed E-state index contributed by atoms with van der Waals surface area (Å²) in [5.41, 5.74) is 1.76. The fourth-order valence-electron chi connectivity index (χ4n) is 5.81. The van der Waals surface area contributed by atoms with Gasteiger partial charge in [0.1, 0.15) is 12.0 Å². The van der Waals surface area contributed by atoms with Crippen LogP contribution in [0.15, 0.2) is 53.8 Å². The summed E-state index contributed by atoms with van der Waals surface area (Å²) in [6.07, 6.45) is 2.31. The van der Waals surface area contributed by atoms with E-state index in [9.17, 15) is 18.0 Å². The Balaban J connectivity index is 1.32. The van der Waals surface area contributed by atoms with Crippen LogP contribution in [0.1, 0.15) is 42.5 Å². The number of rotatable bonds is 7. The Bertz CT molecular complexity index is 1780. The molecule has 2 aliphatic heterocycles. The van der Waals surface area contributed by atoms with Crippen LogP contribution in [-0.4, -0.2) is 74.8 Å². The molecular weight excluding hydrogens is 595 g/mol. The highest BCUT2D eigenvalue weighted by atomic mass is 19.4. The van der Waals surface area contributed by atoms with Crippen molar-refractivity contribution in [2.75, 3.05) is 43.9 Å². The van der Waals surface area contributed by atoms with Gasteiger partial charge in [0.05, 0.1) is 24.2 Å². The number of nitrogens with one attached hydrogen (secondary N) is 3. The van der Waals surface area contributed by atoms with E-state index in [4.69, 9.17) is 0 Å². The van der Waals surface area contributed by atoms with Gasteiger partial charge in [-0.05, 0) is 82.7 Å². The Hall–Kier alpha value is -4.54. The molecule has 2 saturated heterocycles. The number of hydrogen-bond acceptors (Lipinski definition) is 9. The molecule has 0 spiro atoms. The average molecular weight is 632 g/mol. The summed E-state index contributed by atoms with van der Waals surface area (Å²) >= 11 is 0. The molecule has 5 heterocycles. The summed E-state index contributed by atoms with van der Waals surface area (Å²) in [7, 11) is 2.07. The van der Waals surface area contributed by atoms with E-state index < -0.39 is 18.2 Å². The third-order valence-corrected chi connectivity index (χ3v) is 8.34. The van der Waals surface area contributed by atoms with Gasteiger partial charge >= 0.3 is 6.18 Å². The Kier molecular flexibility index (Phi) is 9.46. The predicted molar refractivity (Wildman–Crippen MR) is 171 cm³/mol. The highest BCUT2D eigenvalue weighted by Gasteiger charge is 2.30. The fourth-order valence-corrected chi connectivity index (χ4v) is 5.81. The topological polar surface area (TPSA) is 113 Å². The van der Waals surface area contributed by atoms with Crippen molar-refractivity contribution in [1.82, 2.24) is 34.7 Å². The van der Waals surface area contributed by atoms with E-state index in [1.807, 2.05) is 24.3 Å². The SMILES string of the molecule is CN1CCC(C#Cc2cc3cnc(Nc4ccc(NC5CCCNC5)cc4)nc3n(Cc3cncnc3CC(F)(F)F)c2=O)CC1. The Morgan fingerprint density at radius 1 is 1.07 bits per heavy atom. The molecule has 240 valence electrons. The van der Waals surface area contributed by atoms with Crippen molar-refractivity contribution >= 4 is 28.4 Å². The van der Waals surface area contributed by atoms with Crippen LogP contribution in [0.2, 0.25) is 0 Å². The number of benzene rings is 1. The van der Waals surface area contributed by atoms with Crippen molar-refractivity contribution in [2.45, 2.75) is 50.9 Å². The monoisotopic (exact) mass is 631 g/mol. The zero-order valence-corrected chi connectivity index (χ0v) is 25.6. The van der Waals surface area contributed by atoms with E-state index >= 15 is 0 Å². The molecule has 2 fully saturated rings. The number of piperidine rings is 2. The van der Waals surface area contributed by atoms with E-state index in [1.165, 1.54) is 10.8 Å². The third-order valence-electron chi connectivity index (χ3n) is 8.34. The first kappa shape index (κ1) is 31.4. The maximum Gasteiger partial charge on any atom is 0.394 e. The highest BCUT2D eigenvalue weighted by molar-refractivity contribution is 5.77. The first-order valence-electron chi connectivity index (χ1n) is 15.5. The maximum atomic E-state index is 13.9. The second-order valence-electron chi connectivity index (χ2n) is 11.9. The number of likely N-dealkylation sites (tertiary alicyclic amines) is 1. The van der Waals surface area contributed by atoms with E-state index in [1.54, 1.807) is 12.3 Å². The van der Waals surface area contributed by atoms with Gasteiger partial charge in [0.25, 0.3) is 5.56 Å². The summed E-state index contributed by atoms with van der Waals surface area (Å²) < 4.78 is 41.5. The van der Waals surface area contributed by atoms with Crippen LogP contribution >= 0.6 is 0 Å². The minimum absolute atomic E-state index is 0.157. The molecule has 3 N–H and O–H groups in total. The first-order chi connectivity index (χ1) is 22.2. The second kappa shape index (κ2) is 13.8. The Labute approximate surface area is 264 Å². The number of nitrogens with zero attached hydrogens (tertiary/aromatic N) is 6. The molecule has 0 amide bonds. The smallest absolute Gasteiger partial charge is 0.381 e. The number of aromatic nitrogens is 5. The molecule has 10 nitrogen and oxygen atoms in total. The van der Waals surface area contributed by atoms with E-state index in [-0.39, 0.29) is 40.9 Å². The molecule has 0 saturated carbocycles. The van der Waals surface area contributed by atoms with Crippen LogP contribution in [-0.2, 0) is 13.0 Å². The van der Waals surface area contributed by atoms with Crippen LogP contribution in [0.3, 0.4) is 0 Å². The van der Waals surface area contributed by atoms with Gasteiger partial charge < -0.3 is 20.9 Å². The normalized spacial score (nSPS) is 17.8. The molecule has 2 aliphatic rings. The van der Waals surface area contributed by atoms with Crippen LogP contribution in [0.5, 0.6) is 0 Å². The van der Waals surface area contributed by atoms with Crippen molar-refractivity contribution in [3.05, 3.63) is 76.2 Å². The van der Waals surface area contributed by atoms with Crippen molar-refractivity contribution < 1.29 is 13.2 Å². The van der Waals surface area contributed by atoms with E-state index in [0.717, 1.165) is 69.6 Å². The lowest BCUT2D eigenvalue weighted by Gasteiger charge is -2.25. The Morgan fingerprint density at radius 3 is 2.59 bits per heavy atom. The zero-order chi connectivity index (χ0) is 32.1. The first-order valence-corrected chi connectivity index (χ1v) is 15.5. The minimum Gasteiger partial charge on any atom is -0.381 e. The van der Waals surface area contributed by atoms with Gasteiger partial charge in [0, 0.05) is 53.2 Å². The minimum atomic E-state index is -4.48. The lowest BCUT2D eigenvalue weighted by Crippen LogP contribution is -2.38. The van der Waals surface area contributed by atoms with Crippen LogP contribution in [0, 0.1) is 17.8 Å². The molecule has 0 bridgehead atoms. The van der Waals surface area contributed by atoms with Crippen molar-refractivity contribution in [3.63, 3.8) is 0 Å². The maximum absolute atomic E-state index is 13.9. The van der Waals surface area contributed by atoms with Gasteiger partial charge in [-0.1, -0.05) is 11.8 Å². The number of hydrogen-bond donors (Lipinski definition) is 3. The molecular formula is C33H36F3N9O. The molecule has 6 rings (SSSR count). The largest absolute Gasteiger partial charge is 0.394 e. The summed E-state index contributed by atoms with van der Waals surface area (Å²) in [5.74, 6) is 6.71. The molecule has 4 aromatic rings. The third kappa shape index (κ3) is 7.99. The number of alkyl halides is 3. The molecule has 0 radical (unpaired) electrons. The van der Waals surface area contributed by atoms with E-state index in [0.29, 0.717) is 11.4 Å². The lowest BCUT2D eigenvalue weighted by atomic mass is 9.97. The standard InChI is InChI=1S/C33H36F3N9O/c1-44-13-10-22(11-14-44)4-5-23-15-24-18-39-32(42-27-8-6-26(7-9-27)41-28-3-2-12-37-19-28)43-30(24)45(31(23)46)20-25-17-38-21-40-29(25)16-33(34,35)36/h6-9,15,17-18,21-22,28,37,41H,2-3,10-14,16,19-20H2,1H3,(H,39,42,43).